The number of amides is 1. The van der Waals surface area contributed by atoms with Gasteiger partial charge in [-0.25, -0.2) is 9.67 Å². The van der Waals surface area contributed by atoms with Crippen LogP contribution in [0.3, 0.4) is 0 Å². The maximum Gasteiger partial charge on any atom is 0.471 e. The van der Waals surface area contributed by atoms with Gasteiger partial charge in [-0.15, -0.1) is 0 Å². The molecule has 3 aromatic heterocycles. The van der Waals surface area contributed by atoms with Crippen LogP contribution in [0.5, 0.6) is 0 Å². The minimum atomic E-state index is -4.96. The molecule has 3 fully saturated rings. The van der Waals surface area contributed by atoms with E-state index in [1.165, 1.54) is 0 Å². The van der Waals surface area contributed by atoms with Crippen LogP contribution in [0.15, 0.2) is 30.6 Å². The van der Waals surface area contributed by atoms with Crippen molar-refractivity contribution in [3.63, 3.8) is 0 Å². The summed E-state index contributed by atoms with van der Waals surface area (Å²) in [6, 6.07) is 8.01. The van der Waals surface area contributed by atoms with Crippen molar-refractivity contribution in [3.05, 3.63) is 36.2 Å². The lowest BCUT2D eigenvalue weighted by molar-refractivity contribution is -0.186. The summed E-state index contributed by atoms with van der Waals surface area (Å²) in [4.78, 5) is 24.7. The molecule has 42 heavy (non-hydrogen) atoms. The number of anilines is 1. The molecular formula is C29H32F3N7O3. The lowest BCUT2D eigenvalue weighted by Gasteiger charge is -2.39. The van der Waals surface area contributed by atoms with Gasteiger partial charge >= 0.3 is 12.1 Å². The van der Waals surface area contributed by atoms with Crippen molar-refractivity contribution < 1.29 is 27.4 Å². The number of halogens is 3. The first-order valence-electron chi connectivity index (χ1n) is 14.3. The molecule has 13 heteroatoms. The molecule has 2 atom stereocenters. The predicted octanol–water partition coefficient (Wildman–Crippen LogP) is 4.36. The third-order valence-electron chi connectivity index (χ3n) is 8.59. The Morgan fingerprint density at radius 3 is 2.64 bits per heavy atom. The molecule has 1 unspecified atom stereocenters. The number of nitriles is 1. The molecule has 3 aliphatic rings. The Morgan fingerprint density at radius 1 is 1.14 bits per heavy atom. The van der Waals surface area contributed by atoms with Crippen molar-refractivity contribution >= 4 is 22.6 Å². The van der Waals surface area contributed by atoms with E-state index in [0.717, 1.165) is 29.9 Å². The van der Waals surface area contributed by atoms with Crippen LogP contribution in [0.1, 0.15) is 50.8 Å². The van der Waals surface area contributed by atoms with Gasteiger partial charge in [0.2, 0.25) is 0 Å². The molecule has 0 radical (unpaired) electrons. The molecule has 0 aliphatic carbocycles. The average molecular weight is 584 g/mol. The Kier molecular flexibility index (Phi) is 7.53. The highest BCUT2D eigenvalue weighted by molar-refractivity contribution is 5.95. The molecule has 3 aliphatic heterocycles. The summed E-state index contributed by atoms with van der Waals surface area (Å²) in [6.45, 7) is 3.95. The second kappa shape index (κ2) is 11.1. The standard InChI is InChI=1S/C29H32F3N7O3/c1-19-17-41-15-13-38(19)23-16-21(28(18-33)7-11-37(12-8-28)27(40)29(30,31)32)20-5-9-34-26(25(20)36-23)22-6-10-35-39(22)24-4-2-3-14-42-24/h5-6,9-10,16,19,24H,2-4,7-8,11-15,17H2,1H3/t19-,24?/m1/s1. The fourth-order valence-corrected chi connectivity index (χ4v) is 6.30. The number of hydrogen-bond acceptors (Lipinski definition) is 8. The van der Waals surface area contributed by atoms with Crippen LogP contribution in [-0.4, -0.2) is 82.2 Å². The number of likely N-dealkylation sites (tertiary alicyclic amines) is 1. The molecule has 0 aromatic carbocycles. The summed E-state index contributed by atoms with van der Waals surface area (Å²) in [5.74, 6) is -1.23. The van der Waals surface area contributed by atoms with E-state index >= 15 is 0 Å². The summed E-state index contributed by atoms with van der Waals surface area (Å²) >= 11 is 0. The fourth-order valence-electron chi connectivity index (χ4n) is 6.30. The van der Waals surface area contributed by atoms with Gasteiger partial charge in [0.25, 0.3) is 0 Å². The Balaban J connectivity index is 1.49. The predicted molar refractivity (Wildman–Crippen MR) is 146 cm³/mol. The van der Waals surface area contributed by atoms with E-state index in [1.807, 2.05) is 23.7 Å². The van der Waals surface area contributed by atoms with E-state index in [9.17, 15) is 23.2 Å². The van der Waals surface area contributed by atoms with E-state index in [2.05, 4.69) is 16.1 Å². The highest BCUT2D eigenvalue weighted by Gasteiger charge is 2.47. The molecule has 0 N–H and O–H groups in total. The number of hydrogen-bond donors (Lipinski definition) is 0. The summed E-state index contributed by atoms with van der Waals surface area (Å²) in [5.41, 5.74) is 1.44. The van der Waals surface area contributed by atoms with Gasteiger partial charge in [-0.3, -0.25) is 9.78 Å². The molecule has 6 rings (SSSR count). The first-order valence-corrected chi connectivity index (χ1v) is 14.3. The maximum absolute atomic E-state index is 13.2. The molecular weight excluding hydrogens is 551 g/mol. The number of pyridine rings is 2. The Labute approximate surface area is 241 Å². The largest absolute Gasteiger partial charge is 0.471 e. The van der Waals surface area contributed by atoms with Crippen LogP contribution in [0.4, 0.5) is 19.0 Å². The minimum absolute atomic E-state index is 0.0159. The Bertz CT molecular complexity index is 1500. The molecule has 0 spiro atoms. The second-order valence-corrected chi connectivity index (χ2v) is 11.2. The number of morpholine rings is 1. The van der Waals surface area contributed by atoms with Crippen LogP contribution in [0.25, 0.3) is 22.3 Å². The molecule has 0 bridgehead atoms. The van der Waals surface area contributed by atoms with Gasteiger partial charge in [-0.05, 0) is 62.8 Å². The van der Waals surface area contributed by atoms with Gasteiger partial charge in [-0.1, -0.05) is 0 Å². The van der Waals surface area contributed by atoms with Crippen molar-refractivity contribution in [2.24, 2.45) is 0 Å². The molecule has 222 valence electrons. The lowest BCUT2D eigenvalue weighted by atomic mass is 9.72. The first kappa shape index (κ1) is 28.4. The first-order chi connectivity index (χ1) is 20.2. The van der Waals surface area contributed by atoms with Crippen molar-refractivity contribution in [3.8, 4) is 17.5 Å². The number of nitrogens with zero attached hydrogens (tertiary/aromatic N) is 7. The third kappa shape index (κ3) is 5.07. The topological polar surface area (TPSA) is 109 Å². The number of carbonyl (C=O) groups is 1. The number of ether oxygens (including phenoxy) is 2. The van der Waals surface area contributed by atoms with Crippen LogP contribution in [-0.2, 0) is 19.7 Å². The van der Waals surface area contributed by atoms with E-state index in [1.54, 1.807) is 18.5 Å². The van der Waals surface area contributed by atoms with Gasteiger partial charge < -0.3 is 19.3 Å². The minimum Gasteiger partial charge on any atom is -0.377 e. The van der Waals surface area contributed by atoms with Crippen LogP contribution < -0.4 is 4.90 Å². The summed E-state index contributed by atoms with van der Waals surface area (Å²) < 4.78 is 53.0. The zero-order valence-corrected chi connectivity index (χ0v) is 23.3. The van der Waals surface area contributed by atoms with E-state index in [0.29, 0.717) is 54.3 Å². The van der Waals surface area contributed by atoms with Gasteiger partial charge in [0.05, 0.1) is 36.4 Å². The molecule has 10 nitrogen and oxygen atoms in total. The summed E-state index contributed by atoms with van der Waals surface area (Å²) in [5, 5.41) is 15.8. The van der Waals surface area contributed by atoms with Crippen molar-refractivity contribution in [1.82, 2.24) is 24.6 Å². The number of fused-ring (bicyclic) bond motifs is 1. The number of aromatic nitrogens is 4. The van der Waals surface area contributed by atoms with E-state index in [-0.39, 0.29) is 38.2 Å². The van der Waals surface area contributed by atoms with Crippen LogP contribution >= 0.6 is 0 Å². The molecule has 1 amide bonds. The smallest absolute Gasteiger partial charge is 0.377 e. The Hall–Kier alpha value is -3.76. The highest BCUT2D eigenvalue weighted by Crippen LogP contribution is 2.43. The van der Waals surface area contributed by atoms with Crippen LogP contribution in [0, 0.1) is 11.3 Å². The third-order valence-corrected chi connectivity index (χ3v) is 8.59. The van der Waals surface area contributed by atoms with Crippen molar-refractivity contribution in [2.75, 3.05) is 44.4 Å². The number of alkyl halides is 3. The van der Waals surface area contributed by atoms with Crippen LogP contribution in [0.2, 0.25) is 0 Å². The van der Waals surface area contributed by atoms with Gasteiger partial charge in [0.15, 0.2) is 6.23 Å². The van der Waals surface area contributed by atoms with Crippen molar-refractivity contribution in [1.29, 1.82) is 5.26 Å². The SMILES string of the molecule is C[C@@H]1COCCN1c1cc(C2(C#N)CCN(C(=O)C(F)(F)F)CC2)c2ccnc(-c3ccnn3C3CCCCO3)c2n1. The molecule has 3 aromatic rings. The zero-order valence-electron chi connectivity index (χ0n) is 23.3. The quantitative estimate of drug-likeness (QED) is 0.446. The van der Waals surface area contributed by atoms with Crippen molar-refractivity contribution in [2.45, 2.75) is 62.9 Å². The molecule has 0 saturated carbocycles. The summed E-state index contributed by atoms with van der Waals surface area (Å²) in [6.07, 6.45) is 1.13. The number of rotatable bonds is 4. The molecule has 3 saturated heterocycles. The number of carbonyl (C=O) groups excluding carboxylic acids is 1. The summed E-state index contributed by atoms with van der Waals surface area (Å²) in [7, 11) is 0. The van der Waals surface area contributed by atoms with E-state index in [4.69, 9.17) is 19.4 Å². The van der Waals surface area contributed by atoms with E-state index < -0.39 is 17.5 Å². The second-order valence-electron chi connectivity index (χ2n) is 11.2. The van der Waals surface area contributed by atoms with Gasteiger partial charge in [0, 0.05) is 44.0 Å². The van der Waals surface area contributed by atoms with Gasteiger partial charge in [-0.2, -0.15) is 23.5 Å². The lowest BCUT2D eigenvalue weighted by Crippen LogP contribution is -2.49. The fraction of sp³-hybridized carbons (Fsp3) is 0.552. The average Bonchev–Trinajstić information content (AvgIpc) is 3.50. The monoisotopic (exact) mass is 583 g/mol. The zero-order chi connectivity index (χ0) is 29.5. The molecule has 6 heterocycles. The maximum atomic E-state index is 13.2. The Morgan fingerprint density at radius 2 is 1.95 bits per heavy atom. The normalized spacial score (nSPS) is 23.1. The number of piperidine rings is 1. The highest BCUT2D eigenvalue weighted by atomic mass is 19.4. The van der Waals surface area contributed by atoms with Gasteiger partial charge in [0.1, 0.15) is 17.0 Å².